The number of hydrogen-bond acceptors (Lipinski definition) is 3. The summed E-state index contributed by atoms with van der Waals surface area (Å²) in [7, 11) is 0. The maximum atomic E-state index is 11.6. The van der Waals surface area contributed by atoms with E-state index in [0.29, 0.717) is 12.8 Å². The minimum Gasteiger partial charge on any atom is -0.481 e. The van der Waals surface area contributed by atoms with E-state index in [1.807, 2.05) is 13.8 Å². The lowest BCUT2D eigenvalue weighted by molar-refractivity contribution is -0.143. The molecule has 0 aromatic carbocycles. The number of nitrogens with one attached hydrogen (secondary N) is 1. The van der Waals surface area contributed by atoms with Crippen LogP contribution in [0.3, 0.4) is 0 Å². The van der Waals surface area contributed by atoms with Gasteiger partial charge in [0, 0.05) is 6.54 Å². The molecule has 0 aromatic heterocycles. The van der Waals surface area contributed by atoms with E-state index in [1.165, 1.54) is 0 Å². The zero-order valence-corrected chi connectivity index (χ0v) is 9.82. The van der Waals surface area contributed by atoms with Crippen LogP contribution >= 0.6 is 0 Å². The molecule has 0 spiro atoms. The minimum atomic E-state index is -0.829. The van der Waals surface area contributed by atoms with Gasteiger partial charge in [0.05, 0.1) is 11.5 Å². The van der Waals surface area contributed by atoms with Crippen LogP contribution in [0, 0.1) is 11.3 Å². The number of carbonyl (C=O) groups excluding carboxylic acids is 1. The molecule has 5 heteroatoms. The fourth-order valence-electron chi connectivity index (χ4n) is 1.50. The molecule has 1 saturated carbocycles. The first-order chi connectivity index (χ1) is 7.43. The SMILES string of the molecule is CCC(C)C(N)C(=O)NCC1(C(=O)O)CC1. The van der Waals surface area contributed by atoms with Crippen molar-refractivity contribution in [3.63, 3.8) is 0 Å². The van der Waals surface area contributed by atoms with Crippen molar-refractivity contribution in [3.8, 4) is 0 Å². The van der Waals surface area contributed by atoms with Crippen LogP contribution in [0.4, 0.5) is 0 Å². The Morgan fingerprint density at radius 3 is 2.44 bits per heavy atom. The van der Waals surface area contributed by atoms with Crippen LogP contribution in [0.1, 0.15) is 33.1 Å². The molecule has 0 aliphatic heterocycles. The van der Waals surface area contributed by atoms with Gasteiger partial charge in [-0.3, -0.25) is 9.59 Å². The molecular formula is C11H20N2O3. The summed E-state index contributed by atoms with van der Waals surface area (Å²) in [6.45, 7) is 4.08. The van der Waals surface area contributed by atoms with Gasteiger partial charge < -0.3 is 16.2 Å². The van der Waals surface area contributed by atoms with Crippen LogP contribution in [0.25, 0.3) is 0 Å². The topological polar surface area (TPSA) is 92.4 Å². The molecule has 1 amide bonds. The molecule has 5 nitrogen and oxygen atoms in total. The summed E-state index contributed by atoms with van der Waals surface area (Å²) in [5, 5.41) is 11.6. The number of carboxylic acid groups (broad SMARTS) is 1. The number of hydrogen-bond donors (Lipinski definition) is 3. The molecule has 0 bridgehead atoms. The second kappa shape index (κ2) is 4.82. The molecule has 1 aliphatic rings. The predicted octanol–water partition coefficient (Wildman–Crippen LogP) is 0.341. The van der Waals surface area contributed by atoms with Crippen LogP contribution in [0.2, 0.25) is 0 Å². The molecule has 0 saturated heterocycles. The third-order valence-corrected chi connectivity index (χ3v) is 3.47. The molecule has 4 N–H and O–H groups in total. The van der Waals surface area contributed by atoms with Gasteiger partial charge in [0.25, 0.3) is 0 Å². The second-order valence-electron chi connectivity index (χ2n) is 4.71. The Labute approximate surface area is 95.4 Å². The Morgan fingerprint density at radius 1 is 1.50 bits per heavy atom. The van der Waals surface area contributed by atoms with Gasteiger partial charge in [-0.1, -0.05) is 20.3 Å². The van der Waals surface area contributed by atoms with E-state index in [0.717, 1.165) is 6.42 Å². The monoisotopic (exact) mass is 228 g/mol. The number of amides is 1. The van der Waals surface area contributed by atoms with Crippen LogP contribution in [-0.4, -0.2) is 29.6 Å². The van der Waals surface area contributed by atoms with E-state index in [4.69, 9.17) is 10.8 Å². The summed E-state index contributed by atoms with van der Waals surface area (Å²) in [4.78, 5) is 22.5. The Balaban J connectivity index is 2.38. The van der Waals surface area contributed by atoms with Crippen molar-refractivity contribution < 1.29 is 14.7 Å². The van der Waals surface area contributed by atoms with Gasteiger partial charge >= 0.3 is 5.97 Å². The van der Waals surface area contributed by atoms with Gasteiger partial charge in [-0.05, 0) is 18.8 Å². The van der Waals surface area contributed by atoms with E-state index >= 15 is 0 Å². The highest BCUT2D eigenvalue weighted by Crippen LogP contribution is 2.45. The lowest BCUT2D eigenvalue weighted by Crippen LogP contribution is -2.47. The van der Waals surface area contributed by atoms with E-state index < -0.39 is 17.4 Å². The molecule has 0 radical (unpaired) electrons. The minimum absolute atomic E-state index is 0.111. The Kier molecular flexibility index (Phi) is 3.91. The molecule has 16 heavy (non-hydrogen) atoms. The van der Waals surface area contributed by atoms with Gasteiger partial charge in [0.1, 0.15) is 0 Å². The van der Waals surface area contributed by atoms with Crippen LogP contribution in [0.15, 0.2) is 0 Å². The number of carboxylic acids is 1. The summed E-state index contributed by atoms with van der Waals surface area (Å²) >= 11 is 0. The smallest absolute Gasteiger partial charge is 0.311 e. The van der Waals surface area contributed by atoms with Crippen molar-refractivity contribution in [1.82, 2.24) is 5.32 Å². The number of aliphatic carboxylic acids is 1. The average Bonchev–Trinajstić information content (AvgIpc) is 3.04. The fourth-order valence-corrected chi connectivity index (χ4v) is 1.50. The predicted molar refractivity (Wildman–Crippen MR) is 59.7 cm³/mol. The third kappa shape index (κ3) is 2.72. The summed E-state index contributed by atoms with van der Waals surface area (Å²) in [5.41, 5.74) is 5.02. The molecule has 2 unspecified atom stereocenters. The number of rotatable bonds is 6. The molecule has 0 heterocycles. The van der Waals surface area contributed by atoms with Crippen molar-refractivity contribution in [2.75, 3.05) is 6.54 Å². The van der Waals surface area contributed by atoms with Crippen LogP contribution < -0.4 is 11.1 Å². The lowest BCUT2D eigenvalue weighted by Gasteiger charge is -2.19. The van der Waals surface area contributed by atoms with Crippen molar-refractivity contribution in [1.29, 1.82) is 0 Å². The Hall–Kier alpha value is -1.10. The third-order valence-electron chi connectivity index (χ3n) is 3.47. The highest BCUT2D eigenvalue weighted by atomic mass is 16.4. The standard InChI is InChI=1S/C11H20N2O3/c1-3-7(2)8(12)9(14)13-6-11(4-5-11)10(15)16/h7-8H,3-6,12H2,1-2H3,(H,13,14)(H,15,16). The fraction of sp³-hybridized carbons (Fsp3) is 0.818. The maximum absolute atomic E-state index is 11.6. The van der Waals surface area contributed by atoms with E-state index in [-0.39, 0.29) is 18.4 Å². The van der Waals surface area contributed by atoms with Gasteiger partial charge in [-0.15, -0.1) is 0 Å². The summed E-state index contributed by atoms with van der Waals surface area (Å²) < 4.78 is 0. The zero-order chi connectivity index (χ0) is 12.3. The van der Waals surface area contributed by atoms with Crippen LogP contribution in [-0.2, 0) is 9.59 Å². The van der Waals surface area contributed by atoms with Crippen molar-refractivity contribution in [2.24, 2.45) is 17.1 Å². The summed E-state index contributed by atoms with van der Waals surface area (Å²) in [6, 6.07) is -0.547. The first-order valence-corrected chi connectivity index (χ1v) is 5.69. The molecular weight excluding hydrogens is 208 g/mol. The van der Waals surface area contributed by atoms with Gasteiger partial charge in [0.2, 0.25) is 5.91 Å². The molecule has 92 valence electrons. The molecule has 0 aromatic rings. The lowest BCUT2D eigenvalue weighted by atomic mass is 9.99. The first kappa shape index (κ1) is 13.0. The molecule has 1 fully saturated rings. The molecule has 1 rings (SSSR count). The second-order valence-corrected chi connectivity index (χ2v) is 4.71. The Bertz CT molecular complexity index is 287. The van der Waals surface area contributed by atoms with E-state index in [2.05, 4.69) is 5.32 Å². The van der Waals surface area contributed by atoms with Gasteiger partial charge in [-0.2, -0.15) is 0 Å². The molecule has 2 atom stereocenters. The van der Waals surface area contributed by atoms with E-state index in [9.17, 15) is 9.59 Å². The maximum Gasteiger partial charge on any atom is 0.311 e. The zero-order valence-electron chi connectivity index (χ0n) is 9.82. The highest BCUT2D eigenvalue weighted by Gasteiger charge is 2.50. The normalized spacial score (nSPS) is 20.9. The number of nitrogens with two attached hydrogens (primary N) is 1. The number of carbonyl (C=O) groups is 2. The highest BCUT2D eigenvalue weighted by molar-refractivity contribution is 5.83. The van der Waals surface area contributed by atoms with Crippen molar-refractivity contribution >= 4 is 11.9 Å². The first-order valence-electron chi connectivity index (χ1n) is 5.69. The van der Waals surface area contributed by atoms with Crippen molar-refractivity contribution in [2.45, 2.75) is 39.2 Å². The van der Waals surface area contributed by atoms with Crippen LogP contribution in [0.5, 0.6) is 0 Å². The summed E-state index contributed by atoms with van der Waals surface area (Å²) in [6.07, 6.45) is 2.11. The van der Waals surface area contributed by atoms with Gasteiger partial charge in [-0.25, -0.2) is 0 Å². The largest absolute Gasteiger partial charge is 0.481 e. The average molecular weight is 228 g/mol. The van der Waals surface area contributed by atoms with Crippen molar-refractivity contribution in [3.05, 3.63) is 0 Å². The molecule has 1 aliphatic carbocycles. The quantitative estimate of drug-likeness (QED) is 0.611. The Morgan fingerprint density at radius 2 is 2.06 bits per heavy atom. The summed E-state index contributed by atoms with van der Waals surface area (Å²) in [5.74, 6) is -0.966. The van der Waals surface area contributed by atoms with Gasteiger partial charge in [0.15, 0.2) is 0 Å². The van der Waals surface area contributed by atoms with E-state index in [1.54, 1.807) is 0 Å².